The highest BCUT2D eigenvalue weighted by Gasteiger charge is 2.46. The second-order valence-electron chi connectivity index (χ2n) is 4.59. The van der Waals surface area contributed by atoms with E-state index in [4.69, 9.17) is 4.74 Å². The number of rotatable bonds is 1. The molecule has 2 aliphatic rings. The molecule has 0 unspecified atom stereocenters. The first kappa shape index (κ1) is 10.5. The zero-order chi connectivity index (χ0) is 11.7. The minimum absolute atomic E-state index is 0.238. The first-order chi connectivity index (χ1) is 8.29. The van der Waals surface area contributed by atoms with Gasteiger partial charge in [0.15, 0.2) is 0 Å². The number of amides is 1. The van der Waals surface area contributed by atoms with Crippen molar-refractivity contribution in [3.8, 4) is 0 Å². The summed E-state index contributed by atoms with van der Waals surface area (Å²) < 4.78 is 5.58. The third-order valence-corrected chi connectivity index (χ3v) is 3.46. The van der Waals surface area contributed by atoms with Crippen LogP contribution in [0.15, 0.2) is 24.5 Å². The average molecular weight is 233 g/mol. The minimum Gasteiger partial charge on any atom is -0.441 e. The Labute approximate surface area is 99.8 Å². The normalized spacial score (nSPS) is 22.8. The summed E-state index contributed by atoms with van der Waals surface area (Å²) in [6.45, 7) is 2.48. The molecular formula is C12H15N3O2. The third-order valence-electron chi connectivity index (χ3n) is 3.46. The van der Waals surface area contributed by atoms with E-state index in [2.05, 4.69) is 10.3 Å². The number of hydrogen-bond donors (Lipinski definition) is 1. The van der Waals surface area contributed by atoms with Crippen molar-refractivity contribution in [3.63, 3.8) is 0 Å². The fraction of sp³-hybridized carbons (Fsp3) is 0.500. The monoisotopic (exact) mass is 233 g/mol. The zero-order valence-corrected chi connectivity index (χ0v) is 9.56. The Kier molecular flexibility index (Phi) is 2.48. The zero-order valence-electron chi connectivity index (χ0n) is 9.56. The number of piperidine rings is 1. The molecule has 1 aromatic rings. The summed E-state index contributed by atoms with van der Waals surface area (Å²) in [6.07, 6.45) is 4.92. The molecule has 0 aromatic carbocycles. The molecule has 0 atom stereocenters. The Morgan fingerprint density at radius 1 is 1.29 bits per heavy atom. The maximum absolute atomic E-state index is 11.9. The molecule has 0 radical (unpaired) electrons. The maximum atomic E-state index is 11.9. The van der Waals surface area contributed by atoms with Crippen LogP contribution in [0.25, 0.3) is 0 Å². The predicted molar refractivity (Wildman–Crippen MR) is 62.9 cm³/mol. The number of nitrogens with zero attached hydrogens (tertiary/aromatic N) is 2. The largest absolute Gasteiger partial charge is 0.441 e. The average Bonchev–Trinajstić information content (AvgIpc) is 2.68. The van der Waals surface area contributed by atoms with Gasteiger partial charge < -0.3 is 10.1 Å². The van der Waals surface area contributed by atoms with Crippen LogP contribution < -0.4 is 10.2 Å². The summed E-state index contributed by atoms with van der Waals surface area (Å²) in [5.74, 6) is 0. The van der Waals surface area contributed by atoms with Crippen LogP contribution in [0.3, 0.4) is 0 Å². The van der Waals surface area contributed by atoms with Gasteiger partial charge in [-0.2, -0.15) is 0 Å². The first-order valence-electron chi connectivity index (χ1n) is 5.90. The topological polar surface area (TPSA) is 54.5 Å². The molecule has 2 aliphatic heterocycles. The van der Waals surface area contributed by atoms with E-state index in [-0.39, 0.29) is 11.7 Å². The van der Waals surface area contributed by atoms with E-state index in [9.17, 15) is 4.79 Å². The van der Waals surface area contributed by atoms with Crippen molar-refractivity contribution in [2.24, 2.45) is 0 Å². The fourth-order valence-corrected chi connectivity index (χ4v) is 2.49. The van der Waals surface area contributed by atoms with Crippen molar-refractivity contribution in [2.45, 2.75) is 18.4 Å². The molecule has 1 N–H and O–H groups in total. The molecule has 2 fully saturated rings. The van der Waals surface area contributed by atoms with Gasteiger partial charge in [0.1, 0.15) is 5.60 Å². The van der Waals surface area contributed by atoms with Gasteiger partial charge in [-0.3, -0.25) is 9.88 Å². The van der Waals surface area contributed by atoms with E-state index >= 15 is 0 Å². The van der Waals surface area contributed by atoms with Gasteiger partial charge in [0.25, 0.3) is 0 Å². The Bertz CT molecular complexity index is 415. The molecule has 1 amide bonds. The lowest BCUT2D eigenvalue weighted by atomic mass is 9.92. The number of hydrogen-bond acceptors (Lipinski definition) is 4. The maximum Gasteiger partial charge on any atom is 0.415 e. The standard InChI is InChI=1S/C12H15N3O2/c16-11-15(10-1-5-13-6-2-10)9-12(17-11)3-7-14-8-4-12/h1-2,5-6,14H,3-4,7-9H2. The lowest BCUT2D eigenvalue weighted by Gasteiger charge is -2.31. The van der Waals surface area contributed by atoms with Crippen LogP contribution in [0.1, 0.15) is 12.8 Å². The highest BCUT2D eigenvalue weighted by molar-refractivity contribution is 5.90. The first-order valence-corrected chi connectivity index (χ1v) is 5.90. The lowest BCUT2D eigenvalue weighted by Crippen LogP contribution is -2.44. The summed E-state index contributed by atoms with van der Waals surface area (Å²) in [5, 5.41) is 3.29. The SMILES string of the molecule is O=C1OC2(CCNCC2)CN1c1ccncc1. The fourth-order valence-electron chi connectivity index (χ4n) is 2.49. The Morgan fingerprint density at radius 3 is 2.71 bits per heavy atom. The van der Waals surface area contributed by atoms with E-state index in [1.54, 1.807) is 17.3 Å². The van der Waals surface area contributed by atoms with Crippen LogP contribution in [0.4, 0.5) is 10.5 Å². The van der Waals surface area contributed by atoms with Crippen molar-refractivity contribution in [3.05, 3.63) is 24.5 Å². The number of aromatic nitrogens is 1. The summed E-state index contributed by atoms with van der Waals surface area (Å²) in [6, 6.07) is 3.67. The molecule has 0 aliphatic carbocycles. The highest BCUT2D eigenvalue weighted by Crippen LogP contribution is 2.33. The molecule has 1 spiro atoms. The minimum atomic E-state index is -0.286. The van der Waals surface area contributed by atoms with Crippen LogP contribution in [0.5, 0.6) is 0 Å². The number of nitrogens with one attached hydrogen (secondary N) is 1. The van der Waals surface area contributed by atoms with Crippen molar-refractivity contribution >= 4 is 11.8 Å². The highest BCUT2D eigenvalue weighted by atomic mass is 16.6. The predicted octanol–water partition coefficient (Wildman–Crippen LogP) is 1.16. The second kappa shape index (κ2) is 4.00. The molecule has 3 heterocycles. The van der Waals surface area contributed by atoms with Crippen LogP contribution >= 0.6 is 0 Å². The van der Waals surface area contributed by atoms with Crippen LogP contribution in [-0.2, 0) is 4.74 Å². The van der Waals surface area contributed by atoms with Gasteiger partial charge in [0.05, 0.1) is 12.2 Å². The molecule has 5 heteroatoms. The third kappa shape index (κ3) is 1.86. The van der Waals surface area contributed by atoms with E-state index in [1.807, 2.05) is 12.1 Å². The summed E-state index contributed by atoms with van der Waals surface area (Å²) in [4.78, 5) is 17.6. The van der Waals surface area contributed by atoms with Crippen molar-refractivity contribution in [1.29, 1.82) is 0 Å². The number of ether oxygens (including phenoxy) is 1. The van der Waals surface area contributed by atoms with Crippen LogP contribution in [-0.4, -0.2) is 36.3 Å². The van der Waals surface area contributed by atoms with E-state index in [0.717, 1.165) is 31.6 Å². The molecule has 0 saturated carbocycles. The summed E-state index contributed by atoms with van der Waals surface area (Å²) in [5.41, 5.74) is 0.575. The molecule has 17 heavy (non-hydrogen) atoms. The van der Waals surface area contributed by atoms with Crippen molar-refractivity contribution < 1.29 is 9.53 Å². The van der Waals surface area contributed by atoms with Crippen molar-refractivity contribution in [2.75, 3.05) is 24.5 Å². The molecule has 90 valence electrons. The Morgan fingerprint density at radius 2 is 2.00 bits per heavy atom. The second-order valence-corrected chi connectivity index (χ2v) is 4.59. The molecular weight excluding hydrogens is 218 g/mol. The van der Waals surface area contributed by atoms with E-state index in [0.29, 0.717) is 6.54 Å². The quantitative estimate of drug-likeness (QED) is 0.791. The lowest BCUT2D eigenvalue weighted by molar-refractivity contribution is 0.0316. The molecule has 2 saturated heterocycles. The Hall–Kier alpha value is -1.62. The van der Waals surface area contributed by atoms with Gasteiger partial charge in [-0.25, -0.2) is 4.79 Å². The number of pyridine rings is 1. The van der Waals surface area contributed by atoms with Crippen molar-refractivity contribution in [1.82, 2.24) is 10.3 Å². The molecule has 1 aromatic heterocycles. The van der Waals surface area contributed by atoms with Gasteiger partial charge in [-0.15, -0.1) is 0 Å². The van der Waals surface area contributed by atoms with Gasteiger partial charge in [-0.05, 0) is 25.2 Å². The summed E-state index contributed by atoms with van der Waals surface area (Å²) >= 11 is 0. The molecule has 0 bridgehead atoms. The Balaban J connectivity index is 1.82. The number of carbonyl (C=O) groups excluding carboxylic acids is 1. The van der Waals surface area contributed by atoms with Crippen LogP contribution in [0, 0.1) is 0 Å². The molecule has 3 rings (SSSR count). The number of carbonyl (C=O) groups is 1. The smallest absolute Gasteiger partial charge is 0.415 e. The number of anilines is 1. The molecule has 5 nitrogen and oxygen atoms in total. The van der Waals surface area contributed by atoms with Gasteiger partial charge in [0, 0.05) is 25.2 Å². The van der Waals surface area contributed by atoms with Gasteiger partial charge in [-0.1, -0.05) is 0 Å². The van der Waals surface area contributed by atoms with E-state index in [1.165, 1.54) is 0 Å². The summed E-state index contributed by atoms with van der Waals surface area (Å²) in [7, 11) is 0. The van der Waals surface area contributed by atoms with Gasteiger partial charge >= 0.3 is 6.09 Å². The van der Waals surface area contributed by atoms with E-state index < -0.39 is 0 Å². The van der Waals surface area contributed by atoms with Crippen LogP contribution in [0.2, 0.25) is 0 Å². The van der Waals surface area contributed by atoms with Gasteiger partial charge in [0.2, 0.25) is 0 Å².